The standard InChI is InChI=1S/C19H21NO4/c1-4-24-17-11-5-14(6-12-17)13-20(2)18(21)15-7-9-16(10-8-15)19(22)23-3/h5-12H,4,13H2,1-3H3. The van der Waals surface area contributed by atoms with Gasteiger partial charge >= 0.3 is 5.97 Å². The highest BCUT2D eigenvalue weighted by Crippen LogP contribution is 2.15. The van der Waals surface area contributed by atoms with E-state index in [0.29, 0.717) is 24.3 Å². The highest BCUT2D eigenvalue weighted by molar-refractivity contribution is 5.96. The van der Waals surface area contributed by atoms with Crippen LogP contribution >= 0.6 is 0 Å². The summed E-state index contributed by atoms with van der Waals surface area (Å²) < 4.78 is 10.0. The molecule has 24 heavy (non-hydrogen) atoms. The summed E-state index contributed by atoms with van der Waals surface area (Å²) in [6.45, 7) is 3.05. The lowest BCUT2D eigenvalue weighted by Gasteiger charge is -2.17. The predicted molar refractivity (Wildman–Crippen MR) is 91.2 cm³/mol. The molecule has 0 radical (unpaired) electrons. The van der Waals surface area contributed by atoms with E-state index in [0.717, 1.165) is 11.3 Å². The van der Waals surface area contributed by atoms with Gasteiger partial charge in [0.1, 0.15) is 5.75 Å². The minimum Gasteiger partial charge on any atom is -0.494 e. The Balaban J connectivity index is 2.02. The molecule has 1 amide bonds. The maximum atomic E-state index is 12.5. The van der Waals surface area contributed by atoms with Gasteiger partial charge in [-0.05, 0) is 48.9 Å². The molecule has 5 nitrogen and oxygen atoms in total. The molecular formula is C19H21NO4. The maximum absolute atomic E-state index is 12.5. The summed E-state index contributed by atoms with van der Waals surface area (Å²) in [5, 5.41) is 0. The topological polar surface area (TPSA) is 55.8 Å². The van der Waals surface area contributed by atoms with Gasteiger partial charge < -0.3 is 14.4 Å². The normalized spacial score (nSPS) is 10.1. The Morgan fingerprint density at radius 1 is 0.958 bits per heavy atom. The summed E-state index contributed by atoms with van der Waals surface area (Å²) in [5.41, 5.74) is 1.96. The van der Waals surface area contributed by atoms with Gasteiger partial charge in [0.05, 0.1) is 19.3 Å². The molecule has 2 aromatic rings. The minimum atomic E-state index is -0.420. The molecule has 0 spiro atoms. The largest absolute Gasteiger partial charge is 0.494 e. The Kier molecular flexibility index (Phi) is 5.95. The van der Waals surface area contributed by atoms with E-state index in [9.17, 15) is 9.59 Å². The highest BCUT2D eigenvalue weighted by Gasteiger charge is 2.13. The van der Waals surface area contributed by atoms with Gasteiger partial charge in [0, 0.05) is 19.2 Å². The fourth-order valence-electron chi connectivity index (χ4n) is 2.29. The van der Waals surface area contributed by atoms with Gasteiger partial charge in [-0.2, -0.15) is 0 Å². The molecule has 0 N–H and O–H groups in total. The molecule has 0 aliphatic carbocycles. The highest BCUT2D eigenvalue weighted by atomic mass is 16.5. The lowest BCUT2D eigenvalue weighted by molar-refractivity contribution is 0.0600. The van der Waals surface area contributed by atoms with Gasteiger partial charge in [-0.25, -0.2) is 4.79 Å². The summed E-state index contributed by atoms with van der Waals surface area (Å²) in [6, 6.07) is 14.1. The Morgan fingerprint density at radius 2 is 1.54 bits per heavy atom. The number of benzene rings is 2. The predicted octanol–water partition coefficient (Wildman–Crippen LogP) is 3.14. The SMILES string of the molecule is CCOc1ccc(CN(C)C(=O)c2ccc(C(=O)OC)cc2)cc1. The maximum Gasteiger partial charge on any atom is 0.337 e. The van der Waals surface area contributed by atoms with E-state index in [2.05, 4.69) is 4.74 Å². The van der Waals surface area contributed by atoms with Crippen molar-refractivity contribution in [3.05, 3.63) is 65.2 Å². The number of rotatable bonds is 6. The molecule has 0 saturated heterocycles. The summed E-state index contributed by atoms with van der Waals surface area (Å²) in [6.07, 6.45) is 0. The van der Waals surface area contributed by atoms with Crippen molar-refractivity contribution in [2.45, 2.75) is 13.5 Å². The van der Waals surface area contributed by atoms with Crippen LogP contribution in [-0.2, 0) is 11.3 Å². The van der Waals surface area contributed by atoms with Crippen molar-refractivity contribution in [3.8, 4) is 5.75 Å². The van der Waals surface area contributed by atoms with Crippen molar-refractivity contribution in [2.24, 2.45) is 0 Å². The monoisotopic (exact) mass is 327 g/mol. The van der Waals surface area contributed by atoms with Crippen LogP contribution in [0, 0.1) is 0 Å². The molecule has 0 unspecified atom stereocenters. The van der Waals surface area contributed by atoms with Gasteiger partial charge in [0.25, 0.3) is 5.91 Å². The first kappa shape index (κ1) is 17.5. The van der Waals surface area contributed by atoms with Crippen LogP contribution in [0.3, 0.4) is 0 Å². The lowest BCUT2D eigenvalue weighted by atomic mass is 10.1. The van der Waals surface area contributed by atoms with Gasteiger partial charge in [-0.3, -0.25) is 4.79 Å². The third kappa shape index (κ3) is 4.35. The van der Waals surface area contributed by atoms with Crippen molar-refractivity contribution in [1.29, 1.82) is 0 Å². The van der Waals surface area contributed by atoms with Crippen molar-refractivity contribution in [1.82, 2.24) is 4.90 Å². The summed E-state index contributed by atoms with van der Waals surface area (Å²) in [4.78, 5) is 25.5. The van der Waals surface area contributed by atoms with Gasteiger partial charge in [-0.1, -0.05) is 12.1 Å². The number of hydrogen-bond donors (Lipinski definition) is 0. The van der Waals surface area contributed by atoms with Crippen LogP contribution in [-0.4, -0.2) is 37.5 Å². The third-order valence-electron chi connectivity index (χ3n) is 3.55. The molecule has 0 aliphatic rings. The zero-order chi connectivity index (χ0) is 17.5. The third-order valence-corrected chi connectivity index (χ3v) is 3.55. The van der Waals surface area contributed by atoms with Crippen molar-refractivity contribution in [2.75, 3.05) is 20.8 Å². The van der Waals surface area contributed by atoms with E-state index in [1.807, 2.05) is 31.2 Å². The van der Waals surface area contributed by atoms with Crippen molar-refractivity contribution >= 4 is 11.9 Å². The second-order valence-corrected chi connectivity index (χ2v) is 5.31. The Hall–Kier alpha value is -2.82. The van der Waals surface area contributed by atoms with Crippen LogP contribution in [0.25, 0.3) is 0 Å². The van der Waals surface area contributed by atoms with Crippen LogP contribution in [0.2, 0.25) is 0 Å². The number of ether oxygens (including phenoxy) is 2. The quantitative estimate of drug-likeness (QED) is 0.765. The number of nitrogens with zero attached hydrogens (tertiary/aromatic N) is 1. The number of esters is 1. The van der Waals surface area contributed by atoms with Crippen LogP contribution in [0.1, 0.15) is 33.2 Å². The number of amides is 1. The average molecular weight is 327 g/mol. The van der Waals surface area contributed by atoms with E-state index >= 15 is 0 Å². The molecule has 2 rings (SSSR count). The van der Waals surface area contributed by atoms with Crippen LogP contribution in [0.5, 0.6) is 5.75 Å². The average Bonchev–Trinajstić information content (AvgIpc) is 2.62. The van der Waals surface area contributed by atoms with Crippen LogP contribution < -0.4 is 4.74 Å². The number of methoxy groups -OCH3 is 1. The number of carbonyl (C=O) groups excluding carboxylic acids is 2. The lowest BCUT2D eigenvalue weighted by Crippen LogP contribution is -2.26. The molecule has 0 aliphatic heterocycles. The minimum absolute atomic E-state index is 0.111. The van der Waals surface area contributed by atoms with Gasteiger partial charge in [0.15, 0.2) is 0 Å². The second-order valence-electron chi connectivity index (χ2n) is 5.31. The van der Waals surface area contributed by atoms with Crippen LogP contribution in [0.15, 0.2) is 48.5 Å². The molecule has 126 valence electrons. The summed E-state index contributed by atoms with van der Waals surface area (Å²) >= 11 is 0. The smallest absolute Gasteiger partial charge is 0.337 e. The number of hydrogen-bond acceptors (Lipinski definition) is 4. The van der Waals surface area contributed by atoms with E-state index < -0.39 is 5.97 Å². The molecular weight excluding hydrogens is 306 g/mol. The molecule has 2 aromatic carbocycles. The summed E-state index contributed by atoms with van der Waals surface area (Å²) in [7, 11) is 3.07. The molecule has 0 bridgehead atoms. The Labute approximate surface area is 141 Å². The van der Waals surface area contributed by atoms with E-state index in [1.54, 1.807) is 36.2 Å². The fraction of sp³-hybridized carbons (Fsp3) is 0.263. The second kappa shape index (κ2) is 8.15. The first-order valence-corrected chi connectivity index (χ1v) is 7.70. The molecule has 0 aromatic heterocycles. The molecule has 0 fully saturated rings. The van der Waals surface area contributed by atoms with E-state index in [4.69, 9.17) is 4.74 Å². The van der Waals surface area contributed by atoms with Crippen LogP contribution in [0.4, 0.5) is 0 Å². The Bertz CT molecular complexity index is 692. The van der Waals surface area contributed by atoms with Gasteiger partial charge in [0.2, 0.25) is 0 Å². The first-order valence-electron chi connectivity index (χ1n) is 7.70. The fourth-order valence-corrected chi connectivity index (χ4v) is 2.29. The molecule has 0 heterocycles. The first-order chi connectivity index (χ1) is 11.5. The summed E-state index contributed by atoms with van der Waals surface area (Å²) in [5.74, 6) is 0.283. The van der Waals surface area contributed by atoms with E-state index in [-0.39, 0.29) is 5.91 Å². The zero-order valence-electron chi connectivity index (χ0n) is 14.1. The Morgan fingerprint density at radius 3 is 2.08 bits per heavy atom. The molecule has 5 heteroatoms. The van der Waals surface area contributed by atoms with E-state index in [1.165, 1.54) is 7.11 Å². The number of carbonyl (C=O) groups is 2. The zero-order valence-corrected chi connectivity index (χ0v) is 14.1. The molecule has 0 atom stereocenters. The molecule has 0 saturated carbocycles. The van der Waals surface area contributed by atoms with Gasteiger partial charge in [-0.15, -0.1) is 0 Å². The van der Waals surface area contributed by atoms with Crippen molar-refractivity contribution < 1.29 is 19.1 Å². The van der Waals surface area contributed by atoms with Crippen molar-refractivity contribution in [3.63, 3.8) is 0 Å².